The summed E-state index contributed by atoms with van der Waals surface area (Å²) < 4.78 is 13.3. The molecule has 0 unspecified atom stereocenters. The lowest BCUT2D eigenvalue weighted by Crippen LogP contribution is -2.24. The van der Waals surface area contributed by atoms with Crippen molar-refractivity contribution in [2.45, 2.75) is 130 Å². The topological polar surface area (TPSA) is 139 Å². The van der Waals surface area contributed by atoms with Gasteiger partial charge in [-0.1, -0.05) is 98.2 Å². The summed E-state index contributed by atoms with van der Waals surface area (Å²) in [5.41, 5.74) is 27.7. The van der Waals surface area contributed by atoms with Gasteiger partial charge in [-0.25, -0.2) is 9.97 Å². The van der Waals surface area contributed by atoms with Crippen LogP contribution in [0.5, 0.6) is 11.5 Å². The van der Waals surface area contributed by atoms with E-state index in [1.807, 2.05) is 24.8 Å². The number of unbranched alkanes of at least 4 members (excludes halogenated alkanes) is 6. The van der Waals surface area contributed by atoms with Crippen LogP contribution in [0.3, 0.4) is 0 Å². The second-order valence-corrected chi connectivity index (χ2v) is 26.1. The minimum atomic E-state index is -0.0960. The molecule has 0 saturated heterocycles. The first-order chi connectivity index (χ1) is 44.8. The fourth-order valence-corrected chi connectivity index (χ4v) is 14.7. The fourth-order valence-electron chi connectivity index (χ4n) is 14.7. The summed E-state index contributed by atoms with van der Waals surface area (Å²) in [6, 6.07) is 52.3. The summed E-state index contributed by atoms with van der Waals surface area (Å²) in [5.74, 6) is 1.67. The van der Waals surface area contributed by atoms with Gasteiger partial charge >= 0.3 is 0 Å². The standard InChI is InChI=1S/C82H86N8O2/c1-53-47-55(3)75(56(4)48-53)79-67-35-31-63(87-67)77(59-23-17-25-61(51-59)91-45-15-11-9-13-39-81(7,71-27-19-41-83-71)72-28-20-42-84-72)65-33-37-69(89-65)80(76-57(5)49-54(2)50-58(76)6)70-38-34-66(90-70)78(64-32-36-68(79)88-64)60-24-18-26-62(52-60)92-46-16-12-10-14-40-82(8,73-29-21-43-85-73)74-30-22-44-86-74/h17-38,41-44,47-52,83-87,90H,9-16,39-40,45-46H2,1-8H3. The van der Waals surface area contributed by atoms with E-state index in [4.69, 9.17) is 19.4 Å². The summed E-state index contributed by atoms with van der Waals surface area (Å²) in [7, 11) is 0. The second-order valence-electron chi connectivity index (χ2n) is 26.1. The van der Waals surface area contributed by atoms with Crippen LogP contribution < -0.4 is 9.47 Å². The predicted molar refractivity (Wildman–Crippen MR) is 382 cm³/mol. The van der Waals surface area contributed by atoms with Crippen LogP contribution in [0.25, 0.3) is 90.9 Å². The molecule has 0 fully saturated rings. The second kappa shape index (κ2) is 26.6. The number of nitrogens with one attached hydrogen (secondary N) is 6. The van der Waals surface area contributed by atoms with Gasteiger partial charge < -0.3 is 39.4 Å². The first-order valence-corrected chi connectivity index (χ1v) is 33.2. The molecule has 9 heterocycles. The number of rotatable bonds is 24. The molecule has 2 aliphatic heterocycles. The molecule has 466 valence electrons. The molecule has 7 aromatic heterocycles. The first-order valence-electron chi connectivity index (χ1n) is 33.2. The highest BCUT2D eigenvalue weighted by atomic mass is 16.5. The van der Waals surface area contributed by atoms with Crippen LogP contribution in [0.4, 0.5) is 0 Å². The van der Waals surface area contributed by atoms with Crippen molar-refractivity contribution in [2.75, 3.05) is 13.2 Å². The molecule has 92 heavy (non-hydrogen) atoms. The van der Waals surface area contributed by atoms with Crippen LogP contribution in [0.15, 0.2) is 170 Å². The van der Waals surface area contributed by atoms with E-state index in [-0.39, 0.29) is 10.8 Å². The minimum absolute atomic E-state index is 0.0960. The maximum Gasteiger partial charge on any atom is 0.119 e. The number of H-pyrrole nitrogens is 6. The summed E-state index contributed by atoms with van der Waals surface area (Å²) in [5, 5.41) is 0. The average molecular weight is 1220 g/mol. The zero-order valence-corrected chi connectivity index (χ0v) is 54.7. The monoisotopic (exact) mass is 1210 g/mol. The molecule has 0 saturated carbocycles. The third-order valence-corrected chi connectivity index (χ3v) is 19.3. The minimum Gasteiger partial charge on any atom is -0.494 e. The van der Waals surface area contributed by atoms with Gasteiger partial charge in [-0.05, 0) is 247 Å². The van der Waals surface area contributed by atoms with E-state index >= 15 is 0 Å². The van der Waals surface area contributed by atoms with E-state index in [0.717, 1.165) is 165 Å². The first kappa shape index (κ1) is 61.1. The summed E-state index contributed by atoms with van der Waals surface area (Å²) >= 11 is 0. The maximum atomic E-state index is 6.65. The Morgan fingerprint density at radius 2 is 0.663 bits per heavy atom. The number of ether oxygens (including phenoxy) is 2. The van der Waals surface area contributed by atoms with E-state index < -0.39 is 0 Å². The third kappa shape index (κ3) is 12.6. The molecule has 10 heteroatoms. The summed E-state index contributed by atoms with van der Waals surface area (Å²) in [6.07, 6.45) is 27.6. The van der Waals surface area contributed by atoms with Gasteiger partial charge in [0.05, 0.1) is 36.0 Å². The van der Waals surface area contributed by atoms with E-state index in [0.29, 0.717) is 13.2 Å². The molecule has 2 aliphatic rings. The number of benzene rings is 4. The van der Waals surface area contributed by atoms with Crippen molar-refractivity contribution in [1.82, 2.24) is 39.9 Å². The highest BCUT2D eigenvalue weighted by Gasteiger charge is 2.32. The van der Waals surface area contributed by atoms with E-state index in [9.17, 15) is 0 Å². The maximum absolute atomic E-state index is 6.65. The Bertz CT molecular complexity index is 4220. The van der Waals surface area contributed by atoms with Crippen LogP contribution >= 0.6 is 0 Å². The molecule has 0 amide bonds. The molecule has 0 spiro atoms. The summed E-state index contributed by atoms with van der Waals surface area (Å²) in [6.45, 7) is 19.2. The van der Waals surface area contributed by atoms with Crippen molar-refractivity contribution < 1.29 is 9.47 Å². The zero-order chi connectivity index (χ0) is 63.3. The fraction of sp³-hybridized carbons (Fsp3) is 0.268. The van der Waals surface area contributed by atoms with Crippen LogP contribution in [0.1, 0.15) is 157 Å². The smallest absolute Gasteiger partial charge is 0.119 e. The number of fused-ring (bicyclic) bond motifs is 8. The highest BCUT2D eigenvalue weighted by molar-refractivity contribution is 6.01. The lowest BCUT2D eigenvalue weighted by Gasteiger charge is -2.28. The van der Waals surface area contributed by atoms with Gasteiger partial charge in [0.2, 0.25) is 0 Å². The molecule has 4 aromatic carbocycles. The Balaban J connectivity index is 0.860. The number of aryl methyl sites for hydroxylation is 6. The zero-order valence-electron chi connectivity index (χ0n) is 54.7. The molecule has 0 atom stereocenters. The van der Waals surface area contributed by atoms with Crippen molar-refractivity contribution in [3.8, 4) is 56.0 Å². The quantitative estimate of drug-likeness (QED) is 0.0336. The Labute approximate surface area is 541 Å². The molecule has 8 bridgehead atoms. The van der Waals surface area contributed by atoms with Gasteiger partial charge in [0.1, 0.15) is 11.5 Å². The van der Waals surface area contributed by atoms with E-state index in [1.165, 1.54) is 56.2 Å². The van der Waals surface area contributed by atoms with Crippen LogP contribution in [0.2, 0.25) is 0 Å². The van der Waals surface area contributed by atoms with Crippen LogP contribution in [0, 0.1) is 41.5 Å². The predicted octanol–water partition coefficient (Wildman–Crippen LogP) is 21.2. The SMILES string of the molecule is Cc1cc(C)c(-c2c3nc(c(-c4cccc(OCCCCCCC(C)(c5ccc[nH]5)c5ccc[nH]5)c4)c4ccc([nH]4)c(-c4c(C)cc(C)cc4C)c4nc(c(-c5cccc(OCCCCCCC(C)(c6ccc[nH]6)c6ccc[nH]6)c5)c5ccc2[nH]5)C=C4)C=C3)c(C)c1. The van der Waals surface area contributed by atoms with Crippen molar-refractivity contribution in [2.24, 2.45) is 0 Å². The van der Waals surface area contributed by atoms with Crippen molar-refractivity contribution in [3.05, 3.63) is 249 Å². The van der Waals surface area contributed by atoms with Gasteiger partial charge in [-0.2, -0.15) is 0 Å². The van der Waals surface area contributed by atoms with Gasteiger partial charge in [-0.3, -0.25) is 0 Å². The molecule has 0 aliphatic carbocycles. The van der Waals surface area contributed by atoms with Crippen molar-refractivity contribution in [3.63, 3.8) is 0 Å². The Hall–Kier alpha value is -9.80. The highest BCUT2D eigenvalue weighted by Crippen LogP contribution is 2.43. The number of aromatic amines is 6. The van der Waals surface area contributed by atoms with E-state index in [1.54, 1.807) is 0 Å². The van der Waals surface area contributed by atoms with Crippen LogP contribution in [-0.4, -0.2) is 53.1 Å². The van der Waals surface area contributed by atoms with Crippen molar-refractivity contribution >= 4 is 46.4 Å². The van der Waals surface area contributed by atoms with Gasteiger partial charge in [-0.15, -0.1) is 0 Å². The van der Waals surface area contributed by atoms with Gasteiger partial charge in [0, 0.05) is 103 Å². The molecular formula is C82H86N8O2. The molecular weight excluding hydrogens is 1130 g/mol. The Morgan fingerprint density at radius 1 is 0.337 bits per heavy atom. The molecule has 6 N–H and O–H groups in total. The normalized spacial score (nSPS) is 12.3. The summed E-state index contributed by atoms with van der Waals surface area (Å²) in [4.78, 5) is 33.4. The van der Waals surface area contributed by atoms with Gasteiger partial charge in [0.25, 0.3) is 0 Å². The molecule has 0 radical (unpaired) electrons. The molecule has 10 nitrogen and oxygen atoms in total. The van der Waals surface area contributed by atoms with Crippen LogP contribution in [-0.2, 0) is 10.8 Å². The Kier molecular flexibility index (Phi) is 17.6. The lowest BCUT2D eigenvalue weighted by molar-refractivity contribution is 0.303. The van der Waals surface area contributed by atoms with E-state index in [2.05, 4.69) is 255 Å². The number of hydrogen-bond acceptors (Lipinski definition) is 4. The average Bonchev–Trinajstić information content (AvgIpc) is 1.56. The largest absolute Gasteiger partial charge is 0.494 e. The third-order valence-electron chi connectivity index (χ3n) is 19.3. The number of aromatic nitrogens is 8. The number of nitrogens with zero attached hydrogens (tertiary/aromatic N) is 2. The lowest BCUT2D eigenvalue weighted by atomic mass is 9.78. The van der Waals surface area contributed by atoms with Gasteiger partial charge in [0.15, 0.2) is 0 Å². The number of hydrogen-bond donors (Lipinski definition) is 6. The molecule has 11 aromatic rings. The molecule has 13 rings (SSSR count). The Morgan fingerprint density at radius 3 is 1.00 bits per heavy atom. The van der Waals surface area contributed by atoms with Crippen molar-refractivity contribution in [1.29, 1.82) is 0 Å².